The van der Waals surface area contributed by atoms with E-state index in [2.05, 4.69) is 5.10 Å². The van der Waals surface area contributed by atoms with Crippen molar-refractivity contribution in [1.29, 1.82) is 0 Å². The van der Waals surface area contributed by atoms with Gasteiger partial charge in [-0.1, -0.05) is 0 Å². The van der Waals surface area contributed by atoms with Gasteiger partial charge < -0.3 is 5.11 Å². The molecule has 1 saturated heterocycles. The Morgan fingerprint density at radius 1 is 1.43 bits per heavy atom. The minimum absolute atomic E-state index is 0.0868. The third-order valence-corrected chi connectivity index (χ3v) is 6.62. The monoisotopic (exact) mass is 313 g/mol. The highest BCUT2D eigenvalue weighted by atomic mass is 32.2. The third kappa shape index (κ3) is 2.17. The largest absolute Gasteiger partial charge is 0.480 e. The van der Waals surface area contributed by atoms with Gasteiger partial charge in [-0.15, -0.1) is 0 Å². The van der Waals surface area contributed by atoms with Crippen molar-refractivity contribution < 1.29 is 18.3 Å². The number of rotatable bonds is 4. The quantitative estimate of drug-likeness (QED) is 0.902. The summed E-state index contributed by atoms with van der Waals surface area (Å²) < 4.78 is 28.2. The van der Waals surface area contributed by atoms with Gasteiger partial charge in [-0.2, -0.15) is 9.40 Å². The van der Waals surface area contributed by atoms with Crippen LogP contribution in [0.5, 0.6) is 0 Å². The van der Waals surface area contributed by atoms with E-state index in [1.165, 1.54) is 19.3 Å². The van der Waals surface area contributed by atoms with Gasteiger partial charge in [0.1, 0.15) is 10.4 Å². The molecule has 1 aromatic rings. The first kappa shape index (κ1) is 14.5. The molecule has 1 saturated carbocycles. The van der Waals surface area contributed by atoms with Crippen LogP contribution in [0.15, 0.2) is 17.3 Å². The van der Waals surface area contributed by atoms with E-state index in [9.17, 15) is 18.3 Å². The van der Waals surface area contributed by atoms with E-state index in [4.69, 9.17) is 0 Å². The lowest BCUT2D eigenvalue weighted by molar-refractivity contribution is -0.146. The van der Waals surface area contributed by atoms with Gasteiger partial charge >= 0.3 is 5.97 Å². The average Bonchev–Trinajstić information content (AvgIpc) is 2.95. The molecule has 2 aliphatic rings. The van der Waals surface area contributed by atoms with Gasteiger partial charge in [0.15, 0.2) is 0 Å². The fraction of sp³-hybridized carbons (Fsp3) is 0.692. The lowest BCUT2D eigenvalue weighted by Gasteiger charge is -2.29. The Balaban J connectivity index is 1.92. The summed E-state index contributed by atoms with van der Waals surface area (Å²) >= 11 is 0. The molecule has 1 N–H and O–H groups in total. The van der Waals surface area contributed by atoms with Gasteiger partial charge in [0.25, 0.3) is 0 Å². The maximum absolute atomic E-state index is 12.7. The van der Waals surface area contributed by atoms with Crippen molar-refractivity contribution in [2.24, 2.45) is 0 Å². The minimum Gasteiger partial charge on any atom is -0.480 e. The molecule has 116 valence electrons. The Labute approximate surface area is 123 Å². The molecule has 1 aliphatic heterocycles. The van der Waals surface area contributed by atoms with Crippen LogP contribution in [0.2, 0.25) is 0 Å². The van der Waals surface area contributed by atoms with E-state index < -0.39 is 21.5 Å². The van der Waals surface area contributed by atoms with Crippen molar-refractivity contribution in [3.8, 4) is 0 Å². The number of hydrogen-bond donors (Lipinski definition) is 1. The minimum atomic E-state index is -3.82. The zero-order chi connectivity index (χ0) is 15.3. The molecule has 0 aromatic carbocycles. The molecule has 21 heavy (non-hydrogen) atoms. The Morgan fingerprint density at radius 2 is 2.14 bits per heavy atom. The molecular formula is C13H19N3O4S. The Hall–Kier alpha value is -1.41. The van der Waals surface area contributed by atoms with Crippen molar-refractivity contribution in [1.82, 2.24) is 14.1 Å². The molecular weight excluding hydrogens is 294 g/mol. The summed E-state index contributed by atoms with van der Waals surface area (Å²) in [6.45, 7) is 1.70. The van der Waals surface area contributed by atoms with E-state index in [1.807, 2.05) is 0 Å². The SMILES string of the molecule is C[C@@]1(C(=O)O)CCCN1S(=O)(=O)c1cnn(C2CCC2)c1. The van der Waals surface area contributed by atoms with Crippen molar-refractivity contribution in [3.05, 3.63) is 12.4 Å². The number of hydrogen-bond acceptors (Lipinski definition) is 4. The molecule has 2 heterocycles. The van der Waals surface area contributed by atoms with Gasteiger partial charge in [-0.05, 0) is 39.0 Å². The molecule has 0 amide bonds. The molecule has 0 unspecified atom stereocenters. The number of carboxylic acid groups (broad SMARTS) is 1. The van der Waals surface area contributed by atoms with Gasteiger partial charge in [-0.3, -0.25) is 9.48 Å². The Kier molecular flexibility index (Phi) is 3.32. The van der Waals surface area contributed by atoms with E-state index in [1.54, 1.807) is 4.68 Å². The molecule has 8 heteroatoms. The lowest BCUT2D eigenvalue weighted by atomic mass is 9.93. The number of aromatic nitrogens is 2. The summed E-state index contributed by atoms with van der Waals surface area (Å²) in [5.41, 5.74) is -1.36. The first-order chi connectivity index (χ1) is 9.85. The standard InChI is InChI=1S/C13H19N3O4S/c1-13(12(17)18)6-3-7-16(13)21(19,20)11-8-14-15(9-11)10-4-2-5-10/h8-10H,2-7H2,1H3,(H,17,18)/t13-/m0/s1. The predicted octanol–water partition coefficient (Wildman–Crippen LogP) is 1.24. The lowest BCUT2D eigenvalue weighted by Crippen LogP contribution is -2.50. The number of carbonyl (C=O) groups is 1. The van der Waals surface area contributed by atoms with Crippen molar-refractivity contribution in [2.45, 2.75) is 55.5 Å². The van der Waals surface area contributed by atoms with Crippen molar-refractivity contribution >= 4 is 16.0 Å². The summed E-state index contributed by atoms with van der Waals surface area (Å²) in [6.07, 6.45) is 6.90. The Morgan fingerprint density at radius 3 is 2.71 bits per heavy atom. The van der Waals surface area contributed by atoms with Crippen LogP contribution < -0.4 is 0 Å². The zero-order valence-electron chi connectivity index (χ0n) is 11.9. The second-order valence-corrected chi connectivity index (χ2v) is 7.86. The van der Waals surface area contributed by atoms with Crippen LogP contribution in [-0.4, -0.2) is 45.7 Å². The summed E-state index contributed by atoms with van der Waals surface area (Å²) in [4.78, 5) is 11.5. The molecule has 7 nitrogen and oxygen atoms in total. The van der Waals surface area contributed by atoms with E-state index >= 15 is 0 Å². The van der Waals surface area contributed by atoms with Crippen LogP contribution in [0.1, 0.15) is 45.1 Å². The number of nitrogens with zero attached hydrogens (tertiary/aromatic N) is 3. The van der Waals surface area contributed by atoms with Crippen molar-refractivity contribution in [3.63, 3.8) is 0 Å². The van der Waals surface area contributed by atoms with Crippen molar-refractivity contribution in [2.75, 3.05) is 6.54 Å². The van der Waals surface area contributed by atoms with Gasteiger partial charge in [0, 0.05) is 12.7 Å². The summed E-state index contributed by atoms with van der Waals surface area (Å²) in [7, 11) is -3.82. The predicted molar refractivity (Wildman–Crippen MR) is 74.3 cm³/mol. The molecule has 2 fully saturated rings. The maximum atomic E-state index is 12.7. The highest BCUT2D eigenvalue weighted by molar-refractivity contribution is 7.89. The van der Waals surface area contributed by atoms with Crippen LogP contribution in [0, 0.1) is 0 Å². The number of aliphatic carboxylic acids is 1. The van der Waals surface area contributed by atoms with Crippen LogP contribution >= 0.6 is 0 Å². The number of sulfonamides is 1. The fourth-order valence-electron chi connectivity index (χ4n) is 2.97. The third-order valence-electron chi connectivity index (χ3n) is 4.65. The van der Waals surface area contributed by atoms with Gasteiger partial charge in [-0.25, -0.2) is 8.42 Å². The molecule has 0 bridgehead atoms. The van der Waals surface area contributed by atoms with Crippen LogP contribution in [0.25, 0.3) is 0 Å². The highest BCUT2D eigenvalue weighted by Crippen LogP contribution is 2.36. The van der Waals surface area contributed by atoms with E-state index in [0.29, 0.717) is 12.8 Å². The van der Waals surface area contributed by atoms with E-state index in [0.717, 1.165) is 23.6 Å². The van der Waals surface area contributed by atoms with Crippen LogP contribution in [-0.2, 0) is 14.8 Å². The average molecular weight is 313 g/mol. The molecule has 1 atom stereocenters. The van der Waals surface area contributed by atoms with Gasteiger partial charge in [0.05, 0.1) is 12.2 Å². The summed E-state index contributed by atoms with van der Waals surface area (Å²) in [5.74, 6) is -1.10. The molecule has 1 aromatic heterocycles. The first-order valence-corrected chi connectivity index (χ1v) is 8.60. The zero-order valence-corrected chi connectivity index (χ0v) is 12.7. The molecule has 3 rings (SSSR count). The van der Waals surface area contributed by atoms with Gasteiger partial charge in [0.2, 0.25) is 10.0 Å². The fourth-order valence-corrected chi connectivity index (χ4v) is 4.71. The topological polar surface area (TPSA) is 92.5 Å². The van der Waals surface area contributed by atoms with E-state index in [-0.39, 0.29) is 17.5 Å². The molecule has 0 spiro atoms. The highest BCUT2D eigenvalue weighted by Gasteiger charge is 2.50. The maximum Gasteiger partial charge on any atom is 0.324 e. The molecule has 0 radical (unpaired) electrons. The second kappa shape index (κ2) is 4.81. The summed E-state index contributed by atoms with van der Waals surface area (Å²) in [6, 6.07) is 0.276. The van der Waals surface area contributed by atoms with Crippen LogP contribution in [0.3, 0.4) is 0 Å². The normalized spacial score (nSPS) is 27.7. The number of carboxylic acids is 1. The Bertz CT molecular complexity index is 665. The second-order valence-electron chi connectivity index (χ2n) is 6.00. The summed E-state index contributed by atoms with van der Waals surface area (Å²) in [5, 5.41) is 13.5. The smallest absolute Gasteiger partial charge is 0.324 e. The first-order valence-electron chi connectivity index (χ1n) is 7.16. The van der Waals surface area contributed by atoms with Crippen LogP contribution in [0.4, 0.5) is 0 Å². The molecule has 1 aliphatic carbocycles.